The van der Waals surface area contributed by atoms with E-state index in [1.54, 1.807) is 7.11 Å². The normalized spacial score (nSPS) is 15.2. The van der Waals surface area contributed by atoms with E-state index in [1.165, 1.54) is 12.8 Å². The number of hydrogen-bond donors (Lipinski definition) is 1. The summed E-state index contributed by atoms with van der Waals surface area (Å²) in [6, 6.07) is 0.586. The van der Waals surface area contributed by atoms with Gasteiger partial charge in [-0.2, -0.15) is 0 Å². The lowest BCUT2D eigenvalue weighted by molar-refractivity contribution is 0.0651. The summed E-state index contributed by atoms with van der Waals surface area (Å²) >= 11 is 0. The summed E-state index contributed by atoms with van der Waals surface area (Å²) in [5.74, 6) is 0.793. The van der Waals surface area contributed by atoms with E-state index in [4.69, 9.17) is 9.47 Å². The first-order valence-corrected chi connectivity index (χ1v) is 5.98. The molecule has 2 atom stereocenters. The highest BCUT2D eigenvalue weighted by Crippen LogP contribution is 2.11. The number of methoxy groups -OCH3 is 1. The van der Waals surface area contributed by atoms with Crippen molar-refractivity contribution >= 4 is 0 Å². The fourth-order valence-electron chi connectivity index (χ4n) is 1.50. The molecule has 92 valence electrons. The Labute approximate surface area is 94.5 Å². The van der Waals surface area contributed by atoms with Gasteiger partial charge in [0.05, 0.1) is 13.2 Å². The first kappa shape index (κ1) is 14.9. The fourth-order valence-corrected chi connectivity index (χ4v) is 1.50. The van der Waals surface area contributed by atoms with Gasteiger partial charge in [0, 0.05) is 19.8 Å². The van der Waals surface area contributed by atoms with Crippen molar-refractivity contribution in [3.05, 3.63) is 0 Å². The quantitative estimate of drug-likeness (QED) is 0.568. The number of hydrogen-bond acceptors (Lipinski definition) is 3. The second kappa shape index (κ2) is 10.4. The molecule has 3 nitrogen and oxygen atoms in total. The highest BCUT2D eigenvalue weighted by molar-refractivity contribution is 4.67. The lowest BCUT2D eigenvalue weighted by atomic mass is 9.98. The van der Waals surface area contributed by atoms with Crippen LogP contribution in [-0.2, 0) is 9.47 Å². The van der Waals surface area contributed by atoms with Gasteiger partial charge in [-0.3, -0.25) is 0 Å². The second-order valence-electron chi connectivity index (χ2n) is 4.13. The summed E-state index contributed by atoms with van der Waals surface area (Å²) in [7, 11) is 3.73. The highest BCUT2D eigenvalue weighted by Gasteiger charge is 2.09. The third-order valence-electron chi connectivity index (χ3n) is 2.83. The number of ether oxygens (including phenoxy) is 2. The molecule has 0 radical (unpaired) electrons. The molecule has 0 aliphatic carbocycles. The van der Waals surface area contributed by atoms with Crippen molar-refractivity contribution in [3.8, 4) is 0 Å². The minimum absolute atomic E-state index is 0.586. The average Bonchev–Trinajstić information content (AvgIpc) is 2.26. The predicted molar refractivity (Wildman–Crippen MR) is 64.2 cm³/mol. The SMILES string of the molecule is CCC(C)CC(CCOCCOC)NC. The zero-order valence-electron chi connectivity index (χ0n) is 10.7. The van der Waals surface area contributed by atoms with Gasteiger partial charge in [0.1, 0.15) is 0 Å². The van der Waals surface area contributed by atoms with Crippen molar-refractivity contribution in [1.82, 2.24) is 5.32 Å². The van der Waals surface area contributed by atoms with Crippen LogP contribution in [0.4, 0.5) is 0 Å². The molecule has 2 unspecified atom stereocenters. The van der Waals surface area contributed by atoms with Crippen LogP contribution in [0.3, 0.4) is 0 Å². The first-order chi connectivity index (χ1) is 7.24. The van der Waals surface area contributed by atoms with Crippen LogP contribution in [0.2, 0.25) is 0 Å². The highest BCUT2D eigenvalue weighted by atomic mass is 16.5. The van der Waals surface area contributed by atoms with Crippen molar-refractivity contribution in [1.29, 1.82) is 0 Å². The van der Waals surface area contributed by atoms with E-state index in [-0.39, 0.29) is 0 Å². The van der Waals surface area contributed by atoms with Crippen LogP contribution in [0.1, 0.15) is 33.1 Å². The van der Waals surface area contributed by atoms with Gasteiger partial charge in [0.15, 0.2) is 0 Å². The average molecular weight is 217 g/mol. The second-order valence-corrected chi connectivity index (χ2v) is 4.13. The van der Waals surface area contributed by atoms with Gasteiger partial charge < -0.3 is 14.8 Å². The van der Waals surface area contributed by atoms with E-state index in [1.807, 2.05) is 7.05 Å². The molecular formula is C12H27NO2. The molecule has 15 heavy (non-hydrogen) atoms. The zero-order valence-corrected chi connectivity index (χ0v) is 10.7. The molecule has 0 bridgehead atoms. The monoisotopic (exact) mass is 217 g/mol. The zero-order chi connectivity index (χ0) is 11.5. The number of nitrogens with one attached hydrogen (secondary N) is 1. The summed E-state index contributed by atoms with van der Waals surface area (Å²) in [5.41, 5.74) is 0. The number of rotatable bonds is 10. The van der Waals surface area contributed by atoms with E-state index < -0.39 is 0 Å². The third kappa shape index (κ3) is 8.85. The van der Waals surface area contributed by atoms with Crippen LogP contribution in [0.5, 0.6) is 0 Å². The Morgan fingerprint density at radius 1 is 1.20 bits per heavy atom. The molecule has 0 aliphatic heterocycles. The summed E-state index contributed by atoms with van der Waals surface area (Å²) in [6.45, 7) is 6.76. The molecule has 0 aliphatic rings. The minimum Gasteiger partial charge on any atom is -0.382 e. The van der Waals surface area contributed by atoms with E-state index in [0.29, 0.717) is 19.3 Å². The van der Waals surface area contributed by atoms with Crippen molar-refractivity contribution < 1.29 is 9.47 Å². The lowest BCUT2D eigenvalue weighted by Gasteiger charge is -2.19. The predicted octanol–water partition coefficient (Wildman–Crippen LogP) is 2.06. The Morgan fingerprint density at radius 3 is 2.47 bits per heavy atom. The minimum atomic E-state index is 0.586. The van der Waals surface area contributed by atoms with Crippen LogP contribution in [-0.4, -0.2) is 40.0 Å². The summed E-state index contributed by atoms with van der Waals surface area (Å²) in [5, 5.41) is 3.35. The van der Waals surface area contributed by atoms with Crippen LogP contribution in [0, 0.1) is 5.92 Å². The molecule has 0 rings (SSSR count). The van der Waals surface area contributed by atoms with E-state index in [0.717, 1.165) is 18.9 Å². The van der Waals surface area contributed by atoms with E-state index >= 15 is 0 Å². The Balaban J connectivity index is 3.44. The van der Waals surface area contributed by atoms with Gasteiger partial charge in [-0.25, -0.2) is 0 Å². The van der Waals surface area contributed by atoms with Gasteiger partial charge in [0.25, 0.3) is 0 Å². The van der Waals surface area contributed by atoms with Crippen LogP contribution in [0.25, 0.3) is 0 Å². The fraction of sp³-hybridized carbons (Fsp3) is 1.00. The Hall–Kier alpha value is -0.120. The molecular weight excluding hydrogens is 190 g/mol. The standard InChI is InChI=1S/C12H27NO2/c1-5-11(2)10-12(13-3)6-7-15-9-8-14-4/h11-13H,5-10H2,1-4H3. The van der Waals surface area contributed by atoms with Crippen molar-refractivity contribution in [2.45, 2.75) is 39.2 Å². The summed E-state index contributed by atoms with van der Waals surface area (Å²) in [4.78, 5) is 0. The third-order valence-corrected chi connectivity index (χ3v) is 2.83. The summed E-state index contributed by atoms with van der Waals surface area (Å²) in [6.07, 6.45) is 3.58. The van der Waals surface area contributed by atoms with Crippen LogP contribution < -0.4 is 5.32 Å². The van der Waals surface area contributed by atoms with Gasteiger partial charge >= 0.3 is 0 Å². The van der Waals surface area contributed by atoms with Crippen molar-refractivity contribution in [2.24, 2.45) is 5.92 Å². The Morgan fingerprint density at radius 2 is 1.93 bits per heavy atom. The Bertz CT molecular complexity index is 131. The van der Waals surface area contributed by atoms with Crippen molar-refractivity contribution in [2.75, 3.05) is 34.0 Å². The lowest BCUT2D eigenvalue weighted by Crippen LogP contribution is -2.28. The molecule has 0 aromatic carbocycles. The molecule has 0 fully saturated rings. The van der Waals surface area contributed by atoms with E-state index in [2.05, 4.69) is 19.2 Å². The molecule has 0 heterocycles. The molecule has 0 saturated heterocycles. The largest absolute Gasteiger partial charge is 0.382 e. The molecule has 3 heteroatoms. The molecule has 0 amide bonds. The smallest absolute Gasteiger partial charge is 0.0700 e. The summed E-state index contributed by atoms with van der Waals surface area (Å²) < 4.78 is 10.4. The molecule has 0 spiro atoms. The molecule has 0 aromatic heterocycles. The maximum Gasteiger partial charge on any atom is 0.0700 e. The first-order valence-electron chi connectivity index (χ1n) is 5.98. The topological polar surface area (TPSA) is 30.5 Å². The van der Waals surface area contributed by atoms with Crippen LogP contribution in [0.15, 0.2) is 0 Å². The van der Waals surface area contributed by atoms with Gasteiger partial charge in [-0.15, -0.1) is 0 Å². The maximum atomic E-state index is 5.46. The molecule has 1 N–H and O–H groups in total. The van der Waals surface area contributed by atoms with Gasteiger partial charge in [-0.05, 0) is 25.8 Å². The Kier molecular flexibility index (Phi) is 10.3. The van der Waals surface area contributed by atoms with Gasteiger partial charge in [0.2, 0.25) is 0 Å². The van der Waals surface area contributed by atoms with Crippen molar-refractivity contribution in [3.63, 3.8) is 0 Å². The van der Waals surface area contributed by atoms with E-state index in [9.17, 15) is 0 Å². The molecule has 0 saturated carbocycles. The van der Waals surface area contributed by atoms with Gasteiger partial charge in [-0.1, -0.05) is 20.3 Å². The molecule has 0 aromatic rings. The van der Waals surface area contributed by atoms with Crippen LogP contribution >= 0.6 is 0 Å². The maximum absolute atomic E-state index is 5.46.